The van der Waals surface area contributed by atoms with Gasteiger partial charge in [0.2, 0.25) is 5.75 Å². The smallest absolute Gasteiger partial charge is 0.310 e. The molecule has 6 heteroatoms. The molecule has 0 fully saturated rings. The summed E-state index contributed by atoms with van der Waals surface area (Å²) in [5.74, 6) is -0.00800. The van der Waals surface area contributed by atoms with Gasteiger partial charge in [0, 0.05) is 5.57 Å². The Morgan fingerprint density at radius 2 is 1.86 bits per heavy atom. The van der Waals surface area contributed by atoms with Crippen LogP contribution in [0.3, 0.4) is 0 Å². The monoisotopic (exact) mass is 303 g/mol. The number of esters is 1. The first kappa shape index (κ1) is 17.1. The highest BCUT2D eigenvalue weighted by atomic mass is 16.5. The van der Waals surface area contributed by atoms with Crippen LogP contribution in [-0.2, 0) is 9.53 Å². The molecule has 1 rings (SSSR count). The van der Waals surface area contributed by atoms with Crippen molar-refractivity contribution in [3.05, 3.63) is 35.4 Å². The summed E-state index contributed by atoms with van der Waals surface area (Å²) in [6, 6.07) is 5.17. The third-order valence-electron chi connectivity index (χ3n) is 2.79. The normalized spacial score (nSPS) is 11.1. The Morgan fingerprint density at radius 1 is 1.27 bits per heavy atom. The quantitative estimate of drug-likeness (QED) is 0.493. The number of phenolic OH excluding ortho intramolecular Hbond substituents is 1. The molecule has 0 aromatic heterocycles. The molecule has 0 amide bonds. The highest BCUT2D eigenvalue weighted by molar-refractivity contribution is 5.73. The van der Waals surface area contributed by atoms with E-state index < -0.39 is 5.97 Å². The summed E-state index contributed by atoms with van der Waals surface area (Å²) in [5.41, 5.74) is 0.985. The van der Waals surface area contributed by atoms with Gasteiger partial charge in [-0.05, 0) is 23.8 Å². The minimum absolute atomic E-state index is 0.0823. The summed E-state index contributed by atoms with van der Waals surface area (Å²) in [4.78, 5) is 11.1. The van der Waals surface area contributed by atoms with Gasteiger partial charge in [0.15, 0.2) is 11.5 Å². The lowest BCUT2D eigenvalue weighted by Crippen LogP contribution is -2.00. The van der Waals surface area contributed by atoms with E-state index in [1.165, 1.54) is 27.4 Å². The van der Waals surface area contributed by atoms with Crippen LogP contribution < -0.4 is 9.47 Å². The van der Waals surface area contributed by atoms with Gasteiger partial charge < -0.3 is 19.3 Å². The van der Waals surface area contributed by atoms with E-state index in [0.29, 0.717) is 5.56 Å². The number of benzene rings is 1. The first-order valence-electron chi connectivity index (χ1n) is 6.34. The number of hydrogen-bond acceptors (Lipinski definition) is 6. The molecule has 1 aromatic carbocycles. The van der Waals surface area contributed by atoms with Crippen LogP contribution in [0.15, 0.2) is 29.9 Å². The van der Waals surface area contributed by atoms with Gasteiger partial charge in [-0.15, -0.1) is 0 Å². The van der Waals surface area contributed by atoms with Gasteiger partial charge in [0.25, 0.3) is 0 Å². The van der Waals surface area contributed by atoms with Gasteiger partial charge in [0.1, 0.15) is 0 Å². The average molecular weight is 303 g/mol. The number of allylic oxidation sites excluding steroid dienone is 2. The Morgan fingerprint density at radius 3 is 2.32 bits per heavy atom. The fourth-order valence-corrected chi connectivity index (χ4v) is 1.65. The SMILES string of the molecule is COC(=O)C/C(C#N)=C/C=C/c1cc(OC)c(O)c(OC)c1. The van der Waals surface area contributed by atoms with E-state index in [-0.39, 0.29) is 29.2 Å². The fourth-order valence-electron chi connectivity index (χ4n) is 1.65. The molecular weight excluding hydrogens is 286 g/mol. The van der Waals surface area contributed by atoms with Crippen LogP contribution in [0.1, 0.15) is 12.0 Å². The summed E-state index contributed by atoms with van der Waals surface area (Å²) >= 11 is 0. The number of nitriles is 1. The molecule has 116 valence electrons. The molecule has 0 saturated carbocycles. The summed E-state index contributed by atoms with van der Waals surface area (Å²) in [6.45, 7) is 0. The molecule has 0 bridgehead atoms. The lowest BCUT2D eigenvalue weighted by atomic mass is 10.1. The van der Waals surface area contributed by atoms with Gasteiger partial charge >= 0.3 is 5.97 Å². The Kier molecular flexibility index (Phi) is 6.51. The summed E-state index contributed by atoms with van der Waals surface area (Å²) in [6.07, 6.45) is 4.74. The van der Waals surface area contributed by atoms with E-state index in [9.17, 15) is 9.90 Å². The van der Waals surface area contributed by atoms with E-state index in [1.54, 1.807) is 24.3 Å². The van der Waals surface area contributed by atoms with Crippen LogP contribution in [0.25, 0.3) is 6.08 Å². The number of carbonyl (C=O) groups is 1. The zero-order valence-corrected chi connectivity index (χ0v) is 12.6. The average Bonchev–Trinajstić information content (AvgIpc) is 2.54. The molecule has 0 radical (unpaired) electrons. The summed E-state index contributed by atoms with van der Waals surface area (Å²) in [5, 5.41) is 18.7. The number of nitrogens with zero attached hydrogens (tertiary/aromatic N) is 1. The largest absolute Gasteiger partial charge is 0.502 e. The number of carbonyl (C=O) groups excluding carboxylic acids is 1. The van der Waals surface area contributed by atoms with E-state index in [1.807, 2.05) is 6.07 Å². The van der Waals surface area contributed by atoms with E-state index >= 15 is 0 Å². The number of methoxy groups -OCH3 is 3. The summed E-state index contributed by atoms with van der Waals surface area (Å²) < 4.78 is 14.6. The highest BCUT2D eigenvalue weighted by Gasteiger charge is 2.09. The van der Waals surface area contributed by atoms with Gasteiger partial charge in [-0.3, -0.25) is 4.79 Å². The van der Waals surface area contributed by atoms with Crippen LogP contribution in [-0.4, -0.2) is 32.4 Å². The number of aromatic hydroxyl groups is 1. The molecule has 22 heavy (non-hydrogen) atoms. The fraction of sp³-hybridized carbons (Fsp3) is 0.250. The van der Waals surface area contributed by atoms with Crippen molar-refractivity contribution in [2.45, 2.75) is 6.42 Å². The molecule has 0 atom stereocenters. The molecule has 0 heterocycles. The molecular formula is C16H17NO5. The Bertz CT molecular complexity index is 615. The van der Waals surface area contributed by atoms with Gasteiger partial charge in [0.05, 0.1) is 33.8 Å². The van der Waals surface area contributed by atoms with Crippen molar-refractivity contribution < 1.29 is 24.1 Å². The first-order chi connectivity index (χ1) is 10.5. The van der Waals surface area contributed by atoms with Crippen molar-refractivity contribution in [2.75, 3.05) is 21.3 Å². The van der Waals surface area contributed by atoms with Crippen molar-refractivity contribution in [2.24, 2.45) is 0 Å². The predicted octanol–water partition coefficient (Wildman–Crippen LogP) is 2.44. The maximum atomic E-state index is 11.1. The van der Waals surface area contributed by atoms with Gasteiger partial charge in [-0.2, -0.15) is 5.26 Å². The Labute approximate surface area is 128 Å². The van der Waals surface area contributed by atoms with Crippen molar-refractivity contribution in [1.29, 1.82) is 5.26 Å². The third kappa shape index (κ3) is 4.56. The van der Waals surface area contributed by atoms with Gasteiger partial charge in [-0.1, -0.05) is 12.2 Å². The molecule has 0 aliphatic heterocycles. The minimum atomic E-state index is -0.478. The molecule has 0 saturated heterocycles. The standard InChI is InChI=1S/C16H17NO5/c1-20-13-7-11(8-14(21-2)16(13)19)5-4-6-12(10-17)9-15(18)22-3/h4-8,19H,9H2,1-3H3/b5-4+,12-6-. The lowest BCUT2D eigenvalue weighted by molar-refractivity contribution is -0.139. The molecule has 1 N–H and O–H groups in total. The molecule has 6 nitrogen and oxygen atoms in total. The third-order valence-corrected chi connectivity index (χ3v) is 2.79. The van der Waals surface area contributed by atoms with Crippen LogP contribution in [0.5, 0.6) is 17.2 Å². The second-order valence-electron chi connectivity index (χ2n) is 4.19. The van der Waals surface area contributed by atoms with E-state index in [4.69, 9.17) is 14.7 Å². The maximum absolute atomic E-state index is 11.1. The second-order valence-corrected chi connectivity index (χ2v) is 4.19. The Hall–Kier alpha value is -2.94. The summed E-state index contributed by atoms with van der Waals surface area (Å²) in [7, 11) is 4.14. The first-order valence-corrected chi connectivity index (χ1v) is 6.34. The van der Waals surface area contributed by atoms with E-state index in [2.05, 4.69) is 4.74 Å². The molecule has 0 spiro atoms. The zero-order valence-electron chi connectivity index (χ0n) is 12.6. The number of hydrogen-bond donors (Lipinski definition) is 1. The molecule has 0 unspecified atom stereocenters. The van der Waals surface area contributed by atoms with Crippen LogP contribution >= 0.6 is 0 Å². The molecule has 1 aromatic rings. The molecule has 0 aliphatic rings. The topological polar surface area (TPSA) is 88.8 Å². The predicted molar refractivity (Wildman–Crippen MR) is 80.6 cm³/mol. The van der Waals surface area contributed by atoms with Crippen LogP contribution in [0.2, 0.25) is 0 Å². The number of ether oxygens (including phenoxy) is 3. The van der Waals surface area contributed by atoms with Crippen molar-refractivity contribution in [1.82, 2.24) is 0 Å². The molecule has 0 aliphatic carbocycles. The van der Waals surface area contributed by atoms with Crippen LogP contribution in [0.4, 0.5) is 0 Å². The van der Waals surface area contributed by atoms with Crippen molar-refractivity contribution in [3.63, 3.8) is 0 Å². The highest BCUT2D eigenvalue weighted by Crippen LogP contribution is 2.37. The zero-order chi connectivity index (χ0) is 16.5. The maximum Gasteiger partial charge on any atom is 0.310 e. The number of rotatable bonds is 6. The van der Waals surface area contributed by atoms with Crippen molar-refractivity contribution in [3.8, 4) is 23.3 Å². The van der Waals surface area contributed by atoms with E-state index in [0.717, 1.165) is 0 Å². The Balaban J connectivity index is 2.98. The van der Waals surface area contributed by atoms with Crippen LogP contribution in [0, 0.1) is 11.3 Å². The lowest BCUT2D eigenvalue weighted by Gasteiger charge is -2.09. The number of phenols is 1. The second kappa shape index (κ2) is 8.37. The van der Waals surface area contributed by atoms with Crippen molar-refractivity contribution >= 4 is 12.0 Å². The van der Waals surface area contributed by atoms with Gasteiger partial charge in [-0.25, -0.2) is 0 Å². The minimum Gasteiger partial charge on any atom is -0.502 e.